The van der Waals surface area contributed by atoms with Gasteiger partial charge in [-0.1, -0.05) is 31.2 Å². The minimum atomic E-state index is -0.465. The summed E-state index contributed by atoms with van der Waals surface area (Å²) >= 11 is 0. The average Bonchev–Trinajstić information content (AvgIpc) is 3.03. The quantitative estimate of drug-likeness (QED) is 0.554. The van der Waals surface area contributed by atoms with E-state index in [0.717, 1.165) is 17.5 Å². The molecule has 26 heavy (non-hydrogen) atoms. The third-order valence-corrected chi connectivity index (χ3v) is 3.67. The van der Waals surface area contributed by atoms with E-state index in [1.54, 1.807) is 6.08 Å². The fourth-order valence-corrected chi connectivity index (χ4v) is 2.49. The van der Waals surface area contributed by atoms with E-state index < -0.39 is 5.97 Å². The number of aliphatic imine (C=N–C) groups is 1. The van der Waals surface area contributed by atoms with Gasteiger partial charge in [-0.2, -0.15) is 0 Å². The summed E-state index contributed by atoms with van der Waals surface area (Å²) in [4.78, 5) is 16.4. The Bertz CT molecular complexity index is 840. The fourth-order valence-electron chi connectivity index (χ4n) is 2.49. The average molecular weight is 351 g/mol. The number of carbonyl (C=O) groups excluding carboxylic acids is 1. The normalized spacial score (nSPS) is 14.9. The van der Waals surface area contributed by atoms with Crippen LogP contribution in [-0.4, -0.2) is 25.1 Å². The zero-order chi connectivity index (χ0) is 18.4. The summed E-state index contributed by atoms with van der Waals surface area (Å²) in [7, 11) is 0. The van der Waals surface area contributed by atoms with Crippen molar-refractivity contribution in [3.8, 4) is 11.5 Å². The lowest BCUT2D eigenvalue weighted by molar-refractivity contribution is -0.129. The molecular formula is C21H21NO4. The van der Waals surface area contributed by atoms with Crippen molar-refractivity contribution in [3.63, 3.8) is 0 Å². The largest absolute Gasteiger partial charge is 0.490 e. The molecule has 134 valence electrons. The summed E-state index contributed by atoms with van der Waals surface area (Å²) < 4.78 is 16.6. The lowest BCUT2D eigenvalue weighted by atomic mass is 10.1. The third kappa shape index (κ3) is 4.11. The predicted molar refractivity (Wildman–Crippen MR) is 100 cm³/mol. The molecule has 2 aromatic carbocycles. The van der Waals surface area contributed by atoms with Gasteiger partial charge in [0.25, 0.3) is 0 Å². The molecule has 5 nitrogen and oxygen atoms in total. The van der Waals surface area contributed by atoms with E-state index in [0.29, 0.717) is 30.6 Å². The highest BCUT2D eigenvalue weighted by molar-refractivity contribution is 6.12. The third-order valence-electron chi connectivity index (χ3n) is 3.67. The second-order valence-electron chi connectivity index (χ2n) is 5.69. The van der Waals surface area contributed by atoms with Crippen molar-refractivity contribution in [1.29, 1.82) is 0 Å². The topological polar surface area (TPSA) is 57.1 Å². The molecule has 1 aliphatic heterocycles. The van der Waals surface area contributed by atoms with E-state index in [-0.39, 0.29) is 5.70 Å². The first-order chi connectivity index (χ1) is 12.7. The SMILES string of the molecule is CCCOc1ccc(/C=C2/N=C(c3ccccc3)OC2=O)cc1OCC. The molecule has 0 saturated carbocycles. The molecule has 3 rings (SSSR count). The first-order valence-corrected chi connectivity index (χ1v) is 8.69. The highest BCUT2D eigenvalue weighted by Gasteiger charge is 2.24. The van der Waals surface area contributed by atoms with Crippen molar-refractivity contribution in [3.05, 3.63) is 65.4 Å². The first-order valence-electron chi connectivity index (χ1n) is 8.69. The monoisotopic (exact) mass is 351 g/mol. The van der Waals surface area contributed by atoms with Crippen LogP contribution < -0.4 is 9.47 Å². The number of carbonyl (C=O) groups is 1. The summed E-state index contributed by atoms with van der Waals surface area (Å²) in [6.45, 7) is 5.12. The summed E-state index contributed by atoms with van der Waals surface area (Å²) in [5.41, 5.74) is 1.82. The Labute approximate surface area is 152 Å². The van der Waals surface area contributed by atoms with Crippen molar-refractivity contribution in [2.24, 2.45) is 4.99 Å². The molecule has 0 spiro atoms. The molecule has 0 aliphatic carbocycles. The molecule has 0 unspecified atom stereocenters. The molecule has 0 fully saturated rings. The fraction of sp³-hybridized carbons (Fsp3) is 0.238. The number of ether oxygens (including phenoxy) is 3. The number of rotatable bonds is 7. The van der Waals surface area contributed by atoms with E-state index in [1.165, 1.54) is 0 Å². The first kappa shape index (κ1) is 17.7. The van der Waals surface area contributed by atoms with Crippen LogP contribution in [0.15, 0.2) is 59.2 Å². The molecule has 0 amide bonds. The van der Waals surface area contributed by atoms with Gasteiger partial charge < -0.3 is 14.2 Å². The maximum absolute atomic E-state index is 12.1. The maximum Gasteiger partial charge on any atom is 0.363 e. The van der Waals surface area contributed by atoms with Gasteiger partial charge in [0.15, 0.2) is 17.2 Å². The molecule has 0 radical (unpaired) electrons. The minimum absolute atomic E-state index is 0.258. The summed E-state index contributed by atoms with van der Waals surface area (Å²) in [5, 5.41) is 0. The van der Waals surface area contributed by atoms with Gasteiger partial charge in [0.2, 0.25) is 5.90 Å². The Hall–Kier alpha value is -3.08. The molecule has 0 aromatic heterocycles. The van der Waals surface area contributed by atoms with E-state index in [4.69, 9.17) is 14.2 Å². The van der Waals surface area contributed by atoms with Crippen molar-refractivity contribution in [2.45, 2.75) is 20.3 Å². The molecule has 0 atom stereocenters. The van der Waals surface area contributed by atoms with E-state index in [1.807, 2.05) is 62.4 Å². The second kappa shape index (κ2) is 8.34. The lowest BCUT2D eigenvalue weighted by Gasteiger charge is -2.12. The number of hydrogen-bond donors (Lipinski definition) is 0. The summed E-state index contributed by atoms with van der Waals surface area (Å²) in [5.74, 6) is 1.19. The van der Waals surface area contributed by atoms with Crippen LogP contribution >= 0.6 is 0 Å². The highest BCUT2D eigenvalue weighted by Crippen LogP contribution is 2.30. The van der Waals surface area contributed by atoms with Crippen LogP contribution in [0.5, 0.6) is 11.5 Å². The molecule has 2 aromatic rings. The summed E-state index contributed by atoms with van der Waals surface area (Å²) in [6, 6.07) is 14.9. The van der Waals surface area contributed by atoms with E-state index in [9.17, 15) is 4.79 Å². The van der Waals surface area contributed by atoms with Gasteiger partial charge in [0.1, 0.15) is 0 Å². The zero-order valence-corrected chi connectivity index (χ0v) is 14.9. The standard InChI is InChI=1S/C21H21NO4/c1-3-12-25-18-11-10-15(14-19(18)24-4-2)13-17-21(23)26-20(22-17)16-8-6-5-7-9-16/h5-11,13-14H,3-4,12H2,1-2H3/b17-13+. The number of benzene rings is 2. The molecule has 5 heteroatoms. The van der Waals surface area contributed by atoms with Crippen molar-refractivity contribution in [2.75, 3.05) is 13.2 Å². The maximum atomic E-state index is 12.1. The predicted octanol–water partition coefficient (Wildman–Crippen LogP) is 4.22. The van der Waals surface area contributed by atoms with Crippen LogP contribution in [0.25, 0.3) is 6.08 Å². The van der Waals surface area contributed by atoms with Gasteiger partial charge in [-0.25, -0.2) is 9.79 Å². The molecule has 0 N–H and O–H groups in total. The van der Waals surface area contributed by atoms with Crippen LogP contribution in [-0.2, 0) is 9.53 Å². The summed E-state index contributed by atoms with van der Waals surface area (Å²) in [6.07, 6.45) is 2.60. The second-order valence-corrected chi connectivity index (χ2v) is 5.69. The van der Waals surface area contributed by atoms with Gasteiger partial charge >= 0.3 is 5.97 Å². The molecule has 1 heterocycles. The molecule has 0 bridgehead atoms. The minimum Gasteiger partial charge on any atom is -0.490 e. The van der Waals surface area contributed by atoms with E-state index in [2.05, 4.69) is 4.99 Å². The van der Waals surface area contributed by atoms with Gasteiger partial charge in [-0.05, 0) is 49.2 Å². The Kier molecular flexibility index (Phi) is 5.69. The molecule has 0 saturated heterocycles. The van der Waals surface area contributed by atoms with Gasteiger partial charge in [0.05, 0.1) is 13.2 Å². The smallest absolute Gasteiger partial charge is 0.363 e. The van der Waals surface area contributed by atoms with Crippen LogP contribution in [0.3, 0.4) is 0 Å². The Morgan fingerprint density at radius 3 is 2.58 bits per heavy atom. The van der Waals surface area contributed by atoms with Gasteiger partial charge in [-0.15, -0.1) is 0 Å². The van der Waals surface area contributed by atoms with Crippen molar-refractivity contribution < 1.29 is 19.0 Å². The lowest BCUT2D eigenvalue weighted by Crippen LogP contribution is -2.05. The van der Waals surface area contributed by atoms with Crippen molar-refractivity contribution >= 4 is 17.9 Å². The highest BCUT2D eigenvalue weighted by atomic mass is 16.6. The molecular weight excluding hydrogens is 330 g/mol. The number of hydrogen-bond acceptors (Lipinski definition) is 5. The van der Waals surface area contributed by atoms with E-state index >= 15 is 0 Å². The Balaban J connectivity index is 1.87. The Morgan fingerprint density at radius 1 is 1.04 bits per heavy atom. The van der Waals surface area contributed by atoms with Crippen LogP contribution in [0.4, 0.5) is 0 Å². The van der Waals surface area contributed by atoms with Crippen LogP contribution in [0.1, 0.15) is 31.4 Å². The zero-order valence-electron chi connectivity index (χ0n) is 14.9. The number of esters is 1. The Morgan fingerprint density at radius 2 is 1.85 bits per heavy atom. The van der Waals surface area contributed by atoms with Gasteiger partial charge in [0, 0.05) is 5.56 Å². The van der Waals surface area contributed by atoms with Crippen LogP contribution in [0, 0.1) is 0 Å². The van der Waals surface area contributed by atoms with Gasteiger partial charge in [-0.3, -0.25) is 0 Å². The molecule has 1 aliphatic rings. The number of cyclic esters (lactones) is 1. The van der Waals surface area contributed by atoms with Crippen molar-refractivity contribution in [1.82, 2.24) is 0 Å². The number of nitrogens with zero attached hydrogens (tertiary/aromatic N) is 1. The van der Waals surface area contributed by atoms with Crippen LogP contribution in [0.2, 0.25) is 0 Å².